The van der Waals surface area contributed by atoms with Gasteiger partial charge in [-0.3, -0.25) is 10.1 Å². The molecule has 128 valence electrons. The van der Waals surface area contributed by atoms with Gasteiger partial charge in [0.25, 0.3) is 5.69 Å². The van der Waals surface area contributed by atoms with Crippen LogP contribution in [0.15, 0.2) is 42.5 Å². The summed E-state index contributed by atoms with van der Waals surface area (Å²) in [5.74, 6) is -0.157. The molecule has 0 aromatic heterocycles. The SMILES string of the molecule is O=[N+]([O-])c1c(Cl)cc(O)c2c1[C@H]1C=CC[C@H]1[C@@H](c1ccc(Cl)cc1)N2. The van der Waals surface area contributed by atoms with Crippen LogP contribution in [0.4, 0.5) is 11.4 Å². The molecule has 2 N–H and O–H groups in total. The molecule has 0 bridgehead atoms. The van der Waals surface area contributed by atoms with Crippen LogP contribution in [0.2, 0.25) is 10.0 Å². The zero-order valence-electron chi connectivity index (χ0n) is 12.9. The number of aromatic hydroxyl groups is 1. The van der Waals surface area contributed by atoms with Crippen molar-refractivity contribution in [1.82, 2.24) is 0 Å². The van der Waals surface area contributed by atoms with Gasteiger partial charge in [-0.05, 0) is 30.0 Å². The zero-order valence-corrected chi connectivity index (χ0v) is 14.5. The Labute approximate surface area is 154 Å². The maximum Gasteiger partial charge on any atom is 0.293 e. The minimum atomic E-state index is -0.478. The molecule has 3 atom stereocenters. The van der Waals surface area contributed by atoms with Crippen molar-refractivity contribution < 1.29 is 10.0 Å². The summed E-state index contributed by atoms with van der Waals surface area (Å²) in [4.78, 5) is 11.1. The fourth-order valence-electron chi connectivity index (χ4n) is 3.90. The van der Waals surface area contributed by atoms with Crippen molar-refractivity contribution in [3.63, 3.8) is 0 Å². The molecule has 25 heavy (non-hydrogen) atoms. The van der Waals surface area contributed by atoms with Gasteiger partial charge in [-0.25, -0.2) is 0 Å². The number of hydrogen-bond donors (Lipinski definition) is 2. The highest BCUT2D eigenvalue weighted by Gasteiger charge is 2.43. The molecule has 0 spiro atoms. The van der Waals surface area contributed by atoms with E-state index in [0.717, 1.165) is 12.0 Å². The maximum atomic E-state index is 11.6. The number of hydrogen-bond acceptors (Lipinski definition) is 4. The Bertz CT molecular complexity index is 896. The van der Waals surface area contributed by atoms with E-state index in [-0.39, 0.29) is 34.3 Å². The largest absolute Gasteiger partial charge is 0.506 e. The first-order chi connectivity index (χ1) is 12.0. The first-order valence-electron chi connectivity index (χ1n) is 7.85. The van der Waals surface area contributed by atoms with Crippen LogP contribution in [0, 0.1) is 16.0 Å². The van der Waals surface area contributed by atoms with Crippen LogP contribution in [0.3, 0.4) is 0 Å². The van der Waals surface area contributed by atoms with E-state index in [1.807, 2.05) is 36.4 Å². The Morgan fingerprint density at radius 1 is 1.24 bits per heavy atom. The lowest BCUT2D eigenvalue weighted by Gasteiger charge is -2.37. The molecular weight excluding hydrogens is 363 g/mol. The van der Waals surface area contributed by atoms with Crippen LogP contribution in [-0.4, -0.2) is 10.0 Å². The quantitative estimate of drug-likeness (QED) is 0.317. The van der Waals surface area contributed by atoms with Crippen molar-refractivity contribution in [3.8, 4) is 5.75 Å². The van der Waals surface area contributed by atoms with Gasteiger partial charge >= 0.3 is 0 Å². The van der Waals surface area contributed by atoms with E-state index in [1.165, 1.54) is 6.07 Å². The molecule has 2 aromatic rings. The fourth-order valence-corrected chi connectivity index (χ4v) is 4.30. The summed E-state index contributed by atoms with van der Waals surface area (Å²) in [6.07, 6.45) is 4.78. The van der Waals surface area contributed by atoms with E-state index in [9.17, 15) is 15.2 Å². The topological polar surface area (TPSA) is 75.4 Å². The van der Waals surface area contributed by atoms with Gasteiger partial charge in [-0.15, -0.1) is 0 Å². The number of nitro benzene ring substituents is 1. The van der Waals surface area contributed by atoms with Crippen LogP contribution >= 0.6 is 23.2 Å². The van der Waals surface area contributed by atoms with E-state index in [2.05, 4.69) is 5.32 Å². The monoisotopic (exact) mass is 376 g/mol. The number of allylic oxidation sites excluding steroid dienone is 2. The Balaban J connectivity index is 1.89. The first kappa shape index (κ1) is 16.2. The zero-order chi connectivity index (χ0) is 17.7. The predicted molar refractivity (Wildman–Crippen MR) is 97.6 cm³/mol. The summed E-state index contributed by atoms with van der Waals surface area (Å²) in [7, 11) is 0. The number of phenols is 1. The standard InChI is InChI=1S/C18H14Cl2N2O3/c19-10-6-4-9(5-7-10)16-12-3-1-2-11(12)15-17(21-16)14(23)8-13(20)18(15)22(24)25/h1-2,4-8,11-12,16,21,23H,3H2/t11-,12+,16+/m0/s1. The van der Waals surface area contributed by atoms with E-state index >= 15 is 0 Å². The van der Waals surface area contributed by atoms with Gasteiger partial charge in [0.1, 0.15) is 10.8 Å². The molecule has 0 saturated heterocycles. The van der Waals surface area contributed by atoms with Crippen LogP contribution in [0.1, 0.15) is 29.5 Å². The molecule has 1 aliphatic carbocycles. The minimum Gasteiger partial charge on any atom is -0.506 e. The molecule has 2 aromatic carbocycles. The average molecular weight is 377 g/mol. The number of anilines is 1. The lowest BCUT2D eigenvalue weighted by molar-refractivity contribution is -0.385. The van der Waals surface area contributed by atoms with Crippen LogP contribution < -0.4 is 5.32 Å². The number of nitrogens with one attached hydrogen (secondary N) is 1. The van der Waals surface area contributed by atoms with E-state index in [4.69, 9.17) is 23.2 Å². The Hall–Kier alpha value is -2.24. The van der Waals surface area contributed by atoms with Gasteiger partial charge < -0.3 is 10.4 Å². The van der Waals surface area contributed by atoms with Crippen molar-refractivity contribution in [2.24, 2.45) is 5.92 Å². The van der Waals surface area contributed by atoms with Crippen molar-refractivity contribution in [3.05, 3.63) is 73.8 Å². The smallest absolute Gasteiger partial charge is 0.293 e. The normalized spacial score (nSPS) is 23.7. The molecule has 0 saturated carbocycles. The highest BCUT2D eigenvalue weighted by molar-refractivity contribution is 6.33. The number of nitrogens with zero attached hydrogens (tertiary/aromatic N) is 1. The van der Waals surface area contributed by atoms with Gasteiger partial charge in [-0.2, -0.15) is 0 Å². The van der Waals surface area contributed by atoms with Crippen molar-refractivity contribution in [2.45, 2.75) is 18.4 Å². The molecule has 0 radical (unpaired) electrons. The van der Waals surface area contributed by atoms with Crippen LogP contribution in [0.5, 0.6) is 5.75 Å². The predicted octanol–water partition coefficient (Wildman–Crippen LogP) is 5.43. The van der Waals surface area contributed by atoms with Gasteiger partial charge in [-0.1, -0.05) is 47.5 Å². The maximum absolute atomic E-state index is 11.6. The molecule has 7 heteroatoms. The van der Waals surface area contributed by atoms with Crippen molar-refractivity contribution in [2.75, 3.05) is 5.32 Å². The minimum absolute atomic E-state index is 0.0490. The molecule has 0 unspecified atom stereocenters. The molecule has 4 rings (SSSR count). The summed E-state index contributed by atoms with van der Waals surface area (Å²) in [6, 6.07) is 8.63. The lowest BCUT2D eigenvalue weighted by atomic mass is 9.76. The number of phenolic OH excluding ortho intramolecular Hbond substituents is 1. The van der Waals surface area contributed by atoms with Gasteiger partial charge in [0, 0.05) is 17.0 Å². The van der Waals surface area contributed by atoms with Gasteiger partial charge in [0.2, 0.25) is 0 Å². The summed E-state index contributed by atoms with van der Waals surface area (Å²) in [5, 5.41) is 25.8. The summed E-state index contributed by atoms with van der Waals surface area (Å²) < 4.78 is 0. The second-order valence-corrected chi connectivity index (χ2v) is 7.14. The average Bonchev–Trinajstić information content (AvgIpc) is 3.04. The highest BCUT2D eigenvalue weighted by atomic mass is 35.5. The highest BCUT2D eigenvalue weighted by Crippen LogP contribution is 2.56. The Morgan fingerprint density at radius 3 is 2.64 bits per heavy atom. The summed E-state index contributed by atoms with van der Waals surface area (Å²) >= 11 is 12.0. The van der Waals surface area contributed by atoms with Crippen LogP contribution in [0.25, 0.3) is 0 Å². The lowest BCUT2D eigenvalue weighted by Crippen LogP contribution is -2.29. The number of nitro groups is 1. The fraction of sp³-hybridized carbons (Fsp3) is 0.222. The van der Waals surface area contributed by atoms with E-state index < -0.39 is 4.92 Å². The summed E-state index contributed by atoms with van der Waals surface area (Å²) in [6.45, 7) is 0. The number of halogens is 2. The van der Waals surface area contributed by atoms with Crippen LogP contribution in [-0.2, 0) is 0 Å². The molecule has 1 aliphatic heterocycles. The number of benzene rings is 2. The van der Waals surface area contributed by atoms with E-state index in [1.54, 1.807) is 0 Å². The third kappa shape index (κ3) is 2.55. The second kappa shape index (κ2) is 5.93. The van der Waals surface area contributed by atoms with E-state index in [0.29, 0.717) is 16.3 Å². The third-order valence-corrected chi connectivity index (χ3v) is 5.50. The molecule has 5 nitrogen and oxygen atoms in total. The van der Waals surface area contributed by atoms with Gasteiger partial charge in [0.05, 0.1) is 22.2 Å². The van der Waals surface area contributed by atoms with Crippen molar-refractivity contribution >= 4 is 34.6 Å². The summed E-state index contributed by atoms with van der Waals surface area (Å²) in [5.41, 5.74) is 1.71. The van der Waals surface area contributed by atoms with Gasteiger partial charge in [0.15, 0.2) is 0 Å². The molecule has 2 aliphatic rings. The number of fused-ring (bicyclic) bond motifs is 3. The Morgan fingerprint density at radius 2 is 1.96 bits per heavy atom. The number of rotatable bonds is 2. The third-order valence-electron chi connectivity index (χ3n) is 4.96. The van der Waals surface area contributed by atoms with Crippen molar-refractivity contribution in [1.29, 1.82) is 0 Å². The molecule has 1 heterocycles. The molecule has 0 fully saturated rings. The molecular formula is C18H14Cl2N2O3. The Kier molecular flexibility index (Phi) is 3.85. The first-order valence-corrected chi connectivity index (χ1v) is 8.61. The molecule has 0 amide bonds. The second-order valence-electron chi connectivity index (χ2n) is 6.30.